The Bertz CT molecular complexity index is 1150. The van der Waals surface area contributed by atoms with Crippen LogP contribution >= 0.6 is 0 Å². The molecule has 4 aliphatic carbocycles. The minimum atomic E-state index is -1.10. The Balaban J connectivity index is 0.00000103. The number of Topliss-reactive ketones (excluding diaryl/α,β-unsaturated/α-hetero) is 1. The summed E-state index contributed by atoms with van der Waals surface area (Å²) >= 11 is 0. The Morgan fingerprint density at radius 1 is 0.900 bits per heavy atom. The molecule has 50 heavy (non-hydrogen) atoms. The van der Waals surface area contributed by atoms with Gasteiger partial charge in [0.25, 0.3) is 0 Å². The van der Waals surface area contributed by atoms with Gasteiger partial charge in [0.1, 0.15) is 6.61 Å². The fourth-order valence-corrected chi connectivity index (χ4v) is 9.78. The molecule has 7 unspecified atom stereocenters. The average molecular weight is 699 g/mol. The number of hydrogen-bond acceptors (Lipinski definition) is 7. The van der Waals surface area contributed by atoms with E-state index < -0.39 is 12.4 Å². The summed E-state index contributed by atoms with van der Waals surface area (Å²) in [4.78, 5) is 37.9. The van der Waals surface area contributed by atoms with Gasteiger partial charge in [-0.15, -0.1) is 0 Å². The summed E-state index contributed by atoms with van der Waals surface area (Å²) in [5.74, 6) is 0.351. The first-order chi connectivity index (χ1) is 24.0. The molecule has 0 aromatic carbocycles. The zero-order valence-electron chi connectivity index (χ0n) is 31.9. The molecule has 0 bridgehead atoms. The number of rotatable bonds is 20. The van der Waals surface area contributed by atoms with Crippen molar-refractivity contribution in [2.24, 2.45) is 34.5 Å². The van der Waals surface area contributed by atoms with Crippen LogP contribution in [0.1, 0.15) is 163 Å². The van der Waals surface area contributed by atoms with Crippen molar-refractivity contribution in [1.82, 2.24) is 0 Å². The molecule has 4 rings (SSSR count). The summed E-state index contributed by atoms with van der Waals surface area (Å²) in [5, 5.41) is 27.7. The summed E-state index contributed by atoms with van der Waals surface area (Å²) in [5.41, 5.74) is 0.575. The van der Waals surface area contributed by atoms with E-state index in [0.29, 0.717) is 31.1 Å². The van der Waals surface area contributed by atoms with E-state index in [0.717, 1.165) is 63.4 Å². The van der Waals surface area contributed by atoms with Crippen LogP contribution in [0.25, 0.3) is 0 Å². The molecule has 0 saturated heterocycles. The van der Waals surface area contributed by atoms with Crippen LogP contribution in [0, 0.1) is 34.5 Å². The van der Waals surface area contributed by atoms with Crippen molar-refractivity contribution in [1.29, 1.82) is 0 Å². The molecule has 0 amide bonds. The fourth-order valence-electron chi connectivity index (χ4n) is 9.78. The number of esters is 1. The molecule has 3 fully saturated rings. The van der Waals surface area contributed by atoms with Gasteiger partial charge in [-0.1, -0.05) is 109 Å². The summed E-state index contributed by atoms with van der Waals surface area (Å²) in [7, 11) is 0. The van der Waals surface area contributed by atoms with Crippen LogP contribution in [-0.2, 0) is 19.1 Å². The summed E-state index contributed by atoms with van der Waals surface area (Å²) in [6.45, 7) is 8.38. The summed E-state index contributed by atoms with van der Waals surface area (Å²) < 4.78 is 5.47. The van der Waals surface area contributed by atoms with E-state index >= 15 is 0 Å². The second-order valence-corrected chi connectivity index (χ2v) is 16.2. The first-order valence-corrected chi connectivity index (χ1v) is 20.3. The monoisotopic (exact) mass is 699 g/mol. The highest BCUT2D eigenvalue weighted by Gasteiger charge is 2.62. The summed E-state index contributed by atoms with van der Waals surface area (Å²) in [6.07, 6.45) is 30.3. The predicted molar refractivity (Wildman–Crippen MR) is 200 cm³/mol. The predicted octanol–water partition coefficient (Wildman–Crippen LogP) is 9.13. The lowest BCUT2D eigenvalue weighted by atomic mass is 9.46. The van der Waals surface area contributed by atoms with Crippen molar-refractivity contribution in [2.75, 3.05) is 6.61 Å². The van der Waals surface area contributed by atoms with Crippen LogP contribution in [0.3, 0.4) is 0 Å². The molecule has 284 valence electrons. The van der Waals surface area contributed by atoms with Crippen molar-refractivity contribution in [3.63, 3.8) is 0 Å². The minimum absolute atomic E-state index is 0.0131. The number of unbranched alkanes of at least 4 members (excludes halogenated alkanes) is 11. The van der Waals surface area contributed by atoms with E-state index in [1.54, 1.807) is 12.2 Å². The highest BCUT2D eigenvalue weighted by molar-refractivity contribution is 6.01. The zero-order valence-corrected chi connectivity index (χ0v) is 31.9. The molecular formula is C43H70O7. The average Bonchev–Trinajstić information content (AvgIpc) is 3.42. The Kier molecular flexibility index (Phi) is 18.1. The lowest BCUT2D eigenvalue weighted by molar-refractivity contribution is -0.153. The van der Waals surface area contributed by atoms with Gasteiger partial charge < -0.3 is 20.1 Å². The first-order valence-electron chi connectivity index (χ1n) is 20.3. The van der Waals surface area contributed by atoms with E-state index in [-0.39, 0.29) is 46.8 Å². The first kappa shape index (κ1) is 42.3. The minimum Gasteiger partial charge on any atom is -0.458 e. The third-order valence-corrected chi connectivity index (χ3v) is 12.4. The van der Waals surface area contributed by atoms with Crippen LogP contribution in [0.5, 0.6) is 0 Å². The molecule has 0 aliphatic heterocycles. The number of aliphatic hydroxyl groups excluding tert-OH is 2. The standard InChI is InChI=1S/C39H60O5.C4H10O2/c1-4-5-6-7-8-9-10-11-12-13-14-15-16-17-18-19-36(43)44-28-35(42)33-23-22-32-31-21-20-29-26-30(40)24-25-38(29,2)37(31)34(41)27-39(32,33)3;1-2-3-4(5)6/h14-15,24-26,31-34,37,41H,4-13,16-23,27-28H2,1-3H3;4-6H,2-3H2,1H3/b15-14+;. The van der Waals surface area contributed by atoms with Crippen LogP contribution in [-0.4, -0.2) is 51.9 Å². The van der Waals surface area contributed by atoms with Gasteiger partial charge in [-0.2, -0.15) is 0 Å². The van der Waals surface area contributed by atoms with Crippen molar-refractivity contribution in [3.8, 4) is 0 Å². The van der Waals surface area contributed by atoms with Gasteiger partial charge in [0.2, 0.25) is 0 Å². The van der Waals surface area contributed by atoms with E-state index in [4.69, 9.17) is 14.9 Å². The maximum Gasteiger partial charge on any atom is 0.306 e. The van der Waals surface area contributed by atoms with E-state index in [1.807, 2.05) is 13.0 Å². The van der Waals surface area contributed by atoms with Gasteiger partial charge in [0.15, 0.2) is 17.9 Å². The van der Waals surface area contributed by atoms with Crippen LogP contribution < -0.4 is 0 Å². The SMILES string of the molecule is CCCC(O)O.CCCCCCCCCCC/C=C/CCCCC(=O)OCC(=O)C1CCC2C3CCC4=CC(=O)C=CC4(C)C3C(O)CC12C. The summed E-state index contributed by atoms with van der Waals surface area (Å²) in [6, 6.07) is 0. The lowest BCUT2D eigenvalue weighted by Gasteiger charge is -2.58. The number of carbonyl (C=O) groups excluding carboxylic acids is 3. The van der Waals surface area contributed by atoms with Crippen LogP contribution in [0.2, 0.25) is 0 Å². The molecule has 0 aromatic rings. The Hall–Kier alpha value is -2.09. The number of aliphatic hydroxyl groups is 3. The highest BCUT2D eigenvalue weighted by atomic mass is 16.5. The van der Waals surface area contributed by atoms with Crippen LogP contribution in [0.15, 0.2) is 36.0 Å². The third-order valence-electron chi connectivity index (χ3n) is 12.4. The van der Waals surface area contributed by atoms with Crippen molar-refractivity contribution in [3.05, 3.63) is 36.0 Å². The molecule has 7 heteroatoms. The quantitative estimate of drug-likeness (QED) is 0.0502. The van der Waals surface area contributed by atoms with Crippen LogP contribution in [0.4, 0.5) is 0 Å². The molecule has 0 radical (unpaired) electrons. The molecule has 3 saturated carbocycles. The van der Waals surface area contributed by atoms with E-state index in [9.17, 15) is 19.5 Å². The second-order valence-electron chi connectivity index (χ2n) is 16.2. The molecule has 7 nitrogen and oxygen atoms in total. The maximum absolute atomic E-state index is 13.4. The Morgan fingerprint density at radius 3 is 2.16 bits per heavy atom. The molecule has 7 atom stereocenters. The largest absolute Gasteiger partial charge is 0.458 e. The van der Waals surface area contributed by atoms with E-state index in [1.165, 1.54) is 57.8 Å². The number of fused-ring (bicyclic) bond motifs is 5. The van der Waals surface area contributed by atoms with Crippen molar-refractivity contribution >= 4 is 17.5 Å². The molecule has 3 N–H and O–H groups in total. The molecular weight excluding hydrogens is 628 g/mol. The molecule has 0 aromatic heterocycles. The van der Waals surface area contributed by atoms with Gasteiger partial charge in [-0.25, -0.2) is 0 Å². The van der Waals surface area contributed by atoms with Crippen molar-refractivity contribution in [2.45, 2.75) is 175 Å². The van der Waals surface area contributed by atoms with E-state index in [2.05, 4.69) is 32.9 Å². The van der Waals surface area contributed by atoms with Crippen molar-refractivity contribution < 1.29 is 34.4 Å². The molecule has 0 heterocycles. The topological polar surface area (TPSA) is 121 Å². The Labute approximate surface area is 303 Å². The van der Waals surface area contributed by atoms with Gasteiger partial charge >= 0.3 is 5.97 Å². The molecule has 0 spiro atoms. The van der Waals surface area contributed by atoms with Gasteiger partial charge in [-0.3, -0.25) is 14.4 Å². The smallest absolute Gasteiger partial charge is 0.306 e. The lowest BCUT2D eigenvalue weighted by Crippen LogP contribution is -2.56. The third kappa shape index (κ3) is 12.0. The fraction of sp³-hybridized carbons (Fsp3) is 0.791. The highest BCUT2D eigenvalue weighted by Crippen LogP contribution is 2.66. The number of ketones is 2. The number of allylic oxidation sites excluding steroid dienone is 6. The zero-order chi connectivity index (χ0) is 36.6. The van der Waals surface area contributed by atoms with Gasteiger partial charge in [0.05, 0.1) is 6.10 Å². The maximum atomic E-state index is 13.4. The van der Waals surface area contributed by atoms with Gasteiger partial charge in [0, 0.05) is 23.7 Å². The van der Waals surface area contributed by atoms with Gasteiger partial charge in [-0.05, 0) is 100 Å². The number of carbonyl (C=O) groups is 3. The molecule has 4 aliphatic rings. The number of hydrogen-bond donors (Lipinski definition) is 3. The second kappa shape index (κ2) is 21.4. The Morgan fingerprint density at radius 2 is 1.54 bits per heavy atom. The normalized spacial score (nSPS) is 30.0. The number of ether oxygens (including phenoxy) is 1.